The molecule has 31 heavy (non-hydrogen) atoms. The molecule has 2 amide bonds. The van der Waals surface area contributed by atoms with Gasteiger partial charge in [-0.1, -0.05) is 0 Å². The average molecular weight is 436 g/mol. The number of rotatable bonds is 8. The third-order valence-corrected chi connectivity index (χ3v) is 5.59. The summed E-state index contributed by atoms with van der Waals surface area (Å²) in [5.41, 5.74) is 0.275. The van der Waals surface area contributed by atoms with E-state index in [0.717, 1.165) is 9.80 Å². The minimum atomic E-state index is -1.26. The van der Waals surface area contributed by atoms with E-state index in [1.165, 1.54) is 33.5 Å². The fraction of sp³-hybridized carbons (Fsp3) is 0.500. The molecule has 2 aliphatic rings. The summed E-state index contributed by atoms with van der Waals surface area (Å²) in [5.74, 6) is -2.75. The van der Waals surface area contributed by atoms with E-state index in [1.807, 2.05) is 0 Å². The second-order valence-electron chi connectivity index (χ2n) is 7.22. The van der Waals surface area contributed by atoms with Crippen LogP contribution in [0.2, 0.25) is 0 Å². The van der Waals surface area contributed by atoms with Gasteiger partial charge in [-0.25, -0.2) is 9.59 Å². The van der Waals surface area contributed by atoms with Crippen molar-refractivity contribution in [3.63, 3.8) is 0 Å². The zero-order valence-electron chi connectivity index (χ0n) is 17.4. The lowest BCUT2D eigenvalue weighted by Gasteiger charge is -2.40. The smallest absolute Gasteiger partial charge is 0.326 e. The molecule has 0 unspecified atom stereocenters. The van der Waals surface area contributed by atoms with Crippen LogP contribution in [0, 0.1) is 0 Å². The first-order chi connectivity index (χ1) is 14.7. The van der Waals surface area contributed by atoms with Gasteiger partial charge in [0.2, 0.25) is 17.6 Å². The zero-order valence-corrected chi connectivity index (χ0v) is 17.4. The molecule has 2 N–H and O–H groups in total. The van der Waals surface area contributed by atoms with Crippen molar-refractivity contribution in [1.82, 2.24) is 9.80 Å². The molecule has 2 saturated heterocycles. The summed E-state index contributed by atoms with van der Waals surface area (Å²) in [5, 5.41) is 19.4. The van der Waals surface area contributed by atoms with Gasteiger partial charge in [-0.2, -0.15) is 0 Å². The van der Waals surface area contributed by atoms with Crippen LogP contribution in [0.3, 0.4) is 0 Å². The van der Waals surface area contributed by atoms with Crippen molar-refractivity contribution >= 4 is 23.8 Å². The first kappa shape index (κ1) is 22.2. The molecule has 0 saturated carbocycles. The van der Waals surface area contributed by atoms with Crippen molar-refractivity contribution in [3.8, 4) is 17.2 Å². The maximum atomic E-state index is 12.8. The van der Waals surface area contributed by atoms with Crippen LogP contribution >= 0.6 is 0 Å². The summed E-state index contributed by atoms with van der Waals surface area (Å²) in [7, 11) is 4.18. The molecule has 2 fully saturated rings. The molecule has 0 aromatic heterocycles. The lowest BCUT2D eigenvalue weighted by Crippen LogP contribution is -2.52. The number of methoxy groups -OCH3 is 3. The van der Waals surface area contributed by atoms with Crippen molar-refractivity contribution in [1.29, 1.82) is 0 Å². The average Bonchev–Trinajstić information content (AvgIpc) is 3.31. The Bertz CT molecular complexity index is 849. The van der Waals surface area contributed by atoms with Crippen LogP contribution in [0.5, 0.6) is 17.2 Å². The number of aliphatic carboxylic acids is 2. The summed E-state index contributed by atoms with van der Waals surface area (Å²) >= 11 is 0. The monoisotopic (exact) mass is 436 g/mol. The molecule has 2 aliphatic heterocycles. The van der Waals surface area contributed by atoms with Gasteiger partial charge in [0.1, 0.15) is 18.2 Å². The summed E-state index contributed by atoms with van der Waals surface area (Å²) < 4.78 is 16.0. The van der Waals surface area contributed by atoms with Gasteiger partial charge in [-0.05, 0) is 25.0 Å². The quantitative estimate of drug-likeness (QED) is 0.606. The molecule has 11 heteroatoms. The molecular weight excluding hydrogens is 412 g/mol. The van der Waals surface area contributed by atoms with Crippen LogP contribution in [-0.2, 0) is 19.2 Å². The molecule has 0 aliphatic carbocycles. The number of hydrogen-bond acceptors (Lipinski definition) is 7. The Morgan fingerprint density at radius 1 is 0.871 bits per heavy atom. The number of ether oxygens (including phenoxy) is 3. The second-order valence-corrected chi connectivity index (χ2v) is 7.22. The van der Waals surface area contributed by atoms with Crippen LogP contribution in [-0.4, -0.2) is 77.2 Å². The van der Waals surface area contributed by atoms with Gasteiger partial charge in [0.05, 0.1) is 21.3 Å². The maximum absolute atomic E-state index is 12.8. The van der Waals surface area contributed by atoms with Gasteiger partial charge in [-0.3, -0.25) is 9.59 Å². The molecule has 1 aromatic rings. The topological polar surface area (TPSA) is 143 Å². The number of nitrogens with zero attached hydrogens (tertiary/aromatic N) is 2. The van der Waals surface area contributed by atoms with Gasteiger partial charge in [-0.15, -0.1) is 0 Å². The highest BCUT2D eigenvalue weighted by atomic mass is 16.5. The van der Waals surface area contributed by atoms with E-state index in [-0.39, 0.29) is 48.5 Å². The number of likely N-dealkylation sites (tertiary alicyclic amines) is 2. The van der Waals surface area contributed by atoms with Crippen LogP contribution in [0.15, 0.2) is 12.1 Å². The molecule has 3 rings (SSSR count). The van der Waals surface area contributed by atoms with Crippen LogP contribution in [0.25, 0.3) is 0 Å². The Morgan fingerprint density at radius 3 is 1.61 bits per heavy atom. The fourth-order valence-electron chi connectivity index (χ4n) is 4.21. The number of hydrogen-bond donors (Lipinski definition) is 2. The molecule has 168 valence electrons. The fourth-order valence-corrected chi connectivity index (χ4v) is 4.21. The molecule has 2 atom stereocenters. The summed E-state index contributed by atoms with van der Waals surface area (Å²) in [6.45, 7) is 0. The van der Waals surface area contributed by atoms with Crippen LogP contribution in [0.4, 0.5) is 0 Å². The van der Waals surface area contributed by atoms with Crippen LogP contribution < -0.4 is 14.2 Å². The van der Waals surface area contributed by atoms with E-state index in [0.29, 0.717) is 0 Å². The first-order valence-electron chi connectivity index (χ1n) is 9.63. The van der Waals surface area contributed by atoms with Crippen molar-refractivity contribution < 1.29 is 43.6 Å². The summed E-state index contributed by atoms with van der Waals surface area (Å²) in [6.07, 6.45) is -1.22. The summed E-state index contributed by atoms with van der Waals surface area (Å²) in [4.78, 5) is 51.4. The Morgan fingerprint density at radius 2 is 1.29 bits per heavy atom. The normalized spacial score (nSPS) is 21.0. The highest BCUT2D eigenvalue weighted by molar-refractivity contribution is 5.91. The second kappa shape index (κ2) is 8.70. The van der Waals surface area contributed by atoms with Gasteiger partial charge in [0.25, 0.3) is 0 Å². The van der Waals surface area contributed by atoms with E-state index in [1.54, 1.807) is 0 Å². The highest BCUT2D eigenvalue weighted by Crippen LogP contribution is 2.44. The van der Waals surface area contributed by atoms with Crippen molar-refractivity contribution in [2.45, 2.75) is 43.9 Å². The predicted molar refractivity (Wildman–Crippen MR) is 104 cm³/mol. The number of carbonyl (C=O) groups excluding carboxylic acids is 2. The Balaban J connectivity index is 2.24. The van der Waals surface area contributed by atoms with E-state index in [4.69, 9.17) is 14.2 Å². The number of amides is 2. The third-order valence-electron chi connectivity index (χ3n) is 5.59. The van der Waals surface area contributed by atoms with E-state index < -0.39 is 42.0 Å². The number of carbonyl (C=O) groups is 4. The molecule has 0 bridgehead atoms. The van der Waals surface area contributed by atoms with Crippen molar-refractivity contribution in [3.05, 3.63) is 17.7 Å². The SMILES string of the molecule is COc1cc(C(N2C(=O)CC[C@H]2C(=O)O)N2C(=O)CC[C@H]2C(=O)O)cc(OC)c1OC. The maximum Gasteiger partial charge on any atom is 0.326 e. The largest absolute Gasteiger partial charge is 0.493 e. The molecule has 11 nitrogen and oxygen atoms in total. The standard InChI is InChI=1S/C20H24N2O9/c1-29-13-8-10(9-14(30-2)17(13)31-3)18(21-11(19(25)26)4-6-15(21)23)22-12(20(27)28)5-7-16(22)24/h8-9,11-12,18H,4-7H2,1-3H3,(H,25,26)(H,27,28)/t11-,12-/m0/s1. The lowest BCUT2D eigenvalue weighted by molar-refractivity contribution is -0.160. The summed E-state index contributed by atoms with van der Waals surface area (Å²) in [6, 6.07) is 0.557. The van der Waals surface area contributed by atoms with Gasteiger partial charge in [0.15, 0.2) is 11.5 Å². The zero-order chi connectivity index (χ0) is 22.9. The predicted octanol–water partition coefficient (Wildman–Crippen LogP) is 0.862. The van der Waals surface area contributed by atoms with E-state index in [2.05, 4.69) is 0 Å². The number of carboxylic acid groups (broad SMARTS) is 2. The molecule has 1 aromatic carbocycles. The third kappa shape index (κ3) is 3.82. The van der Waals surface area contributed by atoms with Gasteiger partial charge < -0.3 is 34.2 Å². The Hall–Kier alpha value is -3.50. The Kier molecular flexibility index (Phi) is 6.23. The van der Waals surface area contributed by atoms with Crippen LogP contribution in [0.1, 0.15) is 37.4 Å². The van der Waals surface area contributed by atoms with Crippen molar-refractivity contribution in [2.24, 2.45) is 0 Å². The van der Waals surface area contributed by atoms with E-state index in [9.17, 15) is 29.4 Å². The molecule has 2 heterocycles. The highest BCUT2D eigenvalue weighted by Gasteiger charge is 2.49. The number of benzene rings is 1. The van der Waals surface area contributed by atoms with Gasteiger partial charge in [0, 0.05) is 18.4 Å². The minimum absolute atomic E-state index is 0.0301. The number of carboxylic acids is 2. The molecule has 0 spiro atoms. The lowest BCUT2D eigenvalue weighted by atomic mass is 10.1. The van der Waals surface area contributed by atoms with Gasteiger partial charge >= 0.3 is 11.9 Å². The molecular formula is C20H24N2O9. The van der Waals surface area contributed by atoms with E-state index >= 15 is 0 Å². The minimum Gasteiger partial charge on any atom is -0.493 e. The first-order valence-corrected chi connectivity index (χ1v) is 9.63. The molecule has 0 radical (unpaired) electrons. The Labute approximate surface area is 178 Å². The van der Waals surface area contributed by atoms with Crippen molar-refractivity contribution in [2.75, 3.05) is 21.3 Å².